The standard InChI is InChI=1S/C20H19N5O3.C16H12ClN3O2.C5H9NO/c1-12-9-17(26)24-16-5-4-13(10-15(12)16)23-20(28)14-3-2-6-22-19(14)25-8-7-21-11-18(25)27;1-9-7-14(21)20-13-5-4-10(8-12(9)13)19-16(22)11-3-2-6-18-15(11)17;7-5-2-1-3-6-4-5/h2-6,9-10,21H,7-8,11H2,1H3,(H,23,28)(H,24,26);2-8H,1H3,(H,19,22)(H,20,21);6H,1-4H2. The maximum absolute atomic E-state index is 12.9. The number of H-pyrrole nitrogens is 2. The average molecular weight is 790 g/mol. The Hall–Kier alpha value is -6.55. The van der Waals surface area contributed by atoms with E-state index in [9.17, 15) is 28.8 Å². The first-order valence-electron chi connectivity index (χ1n) is 18.2. The van der Waals surface area contributed by atoms with E-state index in [2.05, 4.69) is 41.2 Å². The number of piperazine rings is 1. The van der Waals surface area contributed by atoms with E-state index in [0.717, 1.165) is 46.8 Å². The summed E-state index contributed by atoms with van der Waals surface area (Å²) in [5, 5.41) is 13.5. The van der Waals surface area contributed by atoms with Crippen molar-refractivity contribution in [3.05, 3.63) is 133 Å². The van der Waals surface area contributed by atoms with Crippen molar-refractivity contribution >= 4 is 74.1 Å². The third-order valence-electron chi connectivity index (χ3n) is 9.13. The fraction of sp³-hybridized carbons (Fsp3) is 0.220. The molecular weight excluding hydrogens is 750 g/mol. The number of aryl methyl sites for hydroxylation is 2. The van der Waals surface area contributed by atoms with Gasteiger partial charge in [-0.3, -0.25) is 33.7 Å². The first-order valence-corrected chi connectivity index (χ1v) is 18.5. The van der Waals surface area contributed by atoms with E-state index in [1.807, 2.05) is 26.0 Å². The number of carbonyl (C=O) groups is 4. The molecule has 16 heteroatoms. The number of piperidine rings is 1. The number of amides is 3. The Morgan fingerprint density at radius 2 is 1.26 bits per heavy atom. The summed E-state index contributed by atoms with van der Waals surface area (Å²) in [7, 11) is 0. The van der Waals surface area contributed by atoms with Crippen molar-refractivity contribution in [2.75, 3.05) is 48.3 Å². The van der Waals surface area contributed by atoms with E-state index in [1.165, 1.54) is 23.2 Å². The second-order valence-corrected chi connectivity index (χ2v) is 13.7. The molecule has 6 N–H and O–H groups in total. The molecule has 8 rings (SSSR count). The number of Topliss-reactive ketones (excluding diaryl/α,β-unsaturated/α-hetero) is 1. The zero-order valence-corrected chi connectivity index (χ0v) is 32.0. The summed E-state index contributed by atoms with van der Waals surface area (Å²) in [5.74, 6) is -0.0984. The van der Waals surface area contributed by atoms with Crippen LogP contribution in [0.1, 0.15) is 44.7 Å². The predicted octanol–water partition coefficient (Wildman–Crippen LogP) is 4.50. The minimum Gasteiger partial charge on any atom is -0.322 e. The Morgan fingerprint density at radius 1 is 0.702 bits per heavy atom. The number of ketones is 1. The Bertz CT molecular complexity index is 2600. The quantitative estimate of drug-likeness (QED) is 0.135. The molecule has 0 spiro atoms. The number of hydrogen-bond acceptors (Lipinski definition) is 10. The van der Waals surface area contributed by atoms with Crippen LogP contribution in [0.3, 0.4) is 0 Å². The molecule has 2 aromatic carbocycles. The zero-order valence-electron chi connectivity index (χ0n) is 31.2. The van der Waals surface area contributed by atoms with Gasteiger partial charge in [0.25, 0.3) is 11.8 Å². The number of rotatable bonds is 5. The highest BCUT2D eigenvalue weighted by Gasteiger charge is 2.25. The third kappa shape index (κ3) is 10.2. The zero-order chi connectivity index (χ0) is 40.5. The van der Waals surface area contributed by atoms with Gasteiger partial charge in [-0.15, -0.1) is 0 Å². The molecule has 2 fully saturated rings. The lowest BCUT2D eigenvalue weighted by molar-refractivity contribution is -0.119. The normalized spacial score (nSPS) is 13.9. The third-order valence-corrected chi connectivity index (χ3v) is 9.43. The first-order chi connectivity index (χ1) is 27.5. The molecule has 0 unspecified atom stereocenters. The summed E-state index contributed by atoms with van der Waals surface area (Å²) in [4.78, 5) is 86.0. The minimum atomic E-state index is -0.351. The maximum atomic E-state index is 12.9. The van der Waals surface area contributed by atoms with Gasteiger partial charge >= 0.3 is 0 Å². The molecule has 57 heavy (non-hydrogen) atoms. The smallest absolute Gasteiger partial charge is 0.259 e. The van der Waals surface area contributed by atoms with Gasteiger partial charge in [0.1, 0.15) is 16.8 Å². The molecule has 2 saturated heterocycles. The van der Waals surface area contributed by atoms with Crippen LogP contribution in [-0.2, 0) is 9.59 Å². The molecule has 4 aromatic heterocycles. The van der Waals surface area contributed by atoms with Gasteiger partial charge in [-0.05, 0) is 98.6 Å². The van der Waals surface area contributed by atoms with Gasteiger partial charge in [0.2, 0.25) is 17.0 Å². The molecule has 6 heterocycles. The van der Waals surface area contributed by atoms with Crippen LogP contribution >= 0.6 is 11.6 Å². The van der Waals surface area contributed by atoms with Gasteiger partial charge in [0.05, 0.1) is 24.2 Å². The van der Waals surface area contributed by atoms with Crippen LogP contribution in [0.15, 0.2) is 94.8 Å². The molecular formula is C41H40ClN9O6. The van der Waals surface area contributed by atoms with Gasteiger partial charge in [-0.2, -0.15) is 0 Å². The lowest BCUT2D eigenvalue weighted by Crippen LogP contribution is -2.49. The predicted molar refractivity (Wildman–Crippen MR) is 220 cm³/mol. The number of anilines is 3. The van der Waals surface area contributed by atoms with E-state index in [-0.39, 0.29) is 40.5 Å². The number of aromatic nitrogens is 4. The number of hydrogen-bond donors (Lipinski definition) is 6. The lowest BCUT2D eigenvalue weighted by Gasteiger charge is -2.27. The Kier molecular flexibility index (Phi) is 12.9. The topological polar surface area (TPSA) is 211 Å². The van der Waals surface area contributed by atoms with Gasteiger partial charge in [-0.1, -0.05) is 11.6 Å². The largest absolute Gasteiger partial charge is 0.322 e. The van der Waals surface area contributed by atoms with E-state index >= 15 is 0 Å². The maximum Gasteiger partial charge on any atom is 0.259 e. The minimum absolute atomic E-state index is 0.121. The van der Waals surface area contributed by atoms with Crippen molar-refractivity contribution in [2.45, 2.75) is 26.7 Å². The van der Waals surface area contributed by atoms with Gasteiger partial charge < -0.3 is 31.2 Å². The first kappa shape index (κ1) is 40.1. The number of halogens is 1. The number of nitrogens with one attached hydrogen (secondary N) is 6. The fourth-order valence-electron chi connectivity index (χ4n) is 6.30. The second-order valence-electron chi connectivity index (χ2n) is 13.3. The van der Waals surface area contributed by atoms with Crippen LogP contribution in [0, 0.1) is 13.8 Å². The molecule has 6 aromatic rings. The van der Waals surface area contributed by atoms with Gasteiger partial charge in [-0.25, -0.2) is 9.97 Å². The second kappa shape index (κ2) is 18.4. The molecule has 0 bridgehead atoms. The van der Waals surface area contributed by atoms with Crippen LogP contribution in [0.4, 0.5) is 17.2 Å². The number of pyridine rings is 4. The number of fused-ring (bicyclic) bond motifs is 2. The molecule has 0 radical (unpaired) electrons. The number of nitrogens with zero attached hydrogens (tertiary/aromatic N) is 3. The van der Waals surface area contributed by atoms with Crippen LogP contribution in [0.2, 0.25) is 5.15 Å². The Morgan fingerprint density at radius 3 is 1.79 bits per heavy atom. The summed E-state index contributed by atoms with van der Waals surface area (Å²) in [6.45, 7) is 6.63. The monoisotopic (exact) mass is 789 g/mol. The molecule has 3 amide bonds. The summed E-state index contributed by atoms with van der Waals surface area (Å²) in [5.41, 5.74) is 4.63. The molecule has 292 valence electrons. The van der Waals surface area contributed by atoms with Crippen LogP contribution < -0.4 is 37.3 Å². The highest BCUT2D eigenvalue weighted by molar-refractivity contribution is 6.33. The molecule has 0 aliphatic carbocycles. The molecule has 2 aliphatic heterocycles. The lowest BCUT2D eigenvalue weighted by atomic mass is 10.1. The van der Waals surface area contributed by atoms with Gasteiger partial charge in [0.15, 0.2) is 0 Å². The molecule has 15 nitrogen and oxygen atoms in total. The molecule has 0 atom stereocenters. The number of aromatic amines is 2. The highest BCUT2D eigenvalue weighted by atomic mass is 35.5. The summed E-state index contributed by atoms with van der Waals surface area (Å²) in [6.07, 6.45) is 4.90. The summed E-state index contributed by atoms with van der Waals surface area (Å²) >= 11 is 5.91. The fourth-order valence-corrected chi connectivity index (χ4v) is 6.50. The van der Waals surface area contributed by atoms with E-state index in [4.69, 9.17) is 11.6 Å². The van der Waals surface area contributed by atoms with Crippen molar-refractivity contribution in [3.8, 4) is 0 Å². The Labute approximate surface area is 331 Å². The van der Waals surface area contributed by atoms with Gasteiger partial charge in [0, 0.05) is 77.2 Å². The van der Waals surface area contributed by atoms with E-state index in [1.54, 1.807) is 54.7 Å². The van der Waals surface area contributed by atoms with Crippen LogP contribution in [0.5, 0.6) is 0 Å². The van der Waals surface area contributed by atoms with Crippen molar-refractivity contribution in [2.24, 2.45) is 0 Å². The summed E-state index contributed by atoms with van der Waals surface area (Å²) in [6, 6.07) is 20.2. The van der Waals surface area contributed by atoms with Crippen molar-refractivity contribution < 1.29 is 19.2 Å². The SMILES string of the molecule is Cc1cc(=O)[nH]c2ccc(NC(=O)c3cccnc3Cl)cc12.Cc1cc(=O)[nH]c2ccc(NC(=O)c3cccnc3N3CCNCC3=O)cc12.O=C1CCCNC1. The Balaban J connectivity index is 0.000000168. The van der Waals surface area contributed by atoms with E-state index < -0.39 is 0 Å². The number of carbonyl (C=O) groups excluding carboxylic acids is 4. The van der Waals surface area contributed by atoms with Crippen LogP contribution in [0.25, 0.3) is 21.8 Å². The molecule has 2 aliphatic rings. The van der Waals surface area contributed by atoms with Crippen molar-refractivity contribution in [3.63, 3.8) is 0 Å². The number of benzene rings is 2. The summed E-state index contributed by atoms with van der Waals surface area (Å²) < 4.78 is 0. The van der Waals surface area contributed by atoms with Crippen molar-refractivity contribution in [1.82, 2.24) is 30.6 Å². The molecule has 0 saturated carbocycles. The highest BCUT2D eigenvalue weighted by Crippen LogP contribution is 2.24. The van der Waals surface area contributed by atoms with Crippen LogP contribution in [-0.4, -0.2) is 76.2 Å². The van der Waals surface area contributed by atoms with E-state index in [0.29, 0.717) is 59.3 Å². The van der Waals surface area contributed by atoms with Crippen molar-refractivity contribution in [1.29, 1.82) is 0 Å². The average Bonchev–Trinajstić information content (AvgIpc) is 3.19.